The molecule has 2 aromatic heterocycles. The Bertz CT molecular complexity index is 1090. The number of thioether (sulfide) groups is 1. The monoisotopic (exact) mass is 404 g/mol. The van der Waals surface area contributed by atoms with Crippen molar-refractivity contribution >= 4 is 11.8 Å². The molecule has 0 fully saturated rings. The van der Waals surface area contributed by atoms with Gasteiger partial charge in [0.2, 0.25) is 5.16 Å². The molecule has 0 amide bonds. The minimum absolute atomic E-state index is 0.159. The zero-order valence-corrected chi connectivity index (χ0v) is 17.6. The van der Waals surface area contributed by atoms with Crippen LogP contribution in [0.5, 0.6) is 0 Å². The zero-order valence-electron chi connectivity index (χ0n) is 16.8. The van der Waals surface area contributed by atoms with Gasteiger partial charge in [-0.25, -0.2) is 9.36 Å². The highest BCUT2D eigenvalue weighted by atomic mass is 32.2. The molecule has 0 radical (unpaired) electrons. The Hall–Kier alpha value is -3.06. The fourth-order valence-corrected chi connectivity index (χ4v) is 3.92. The molecule has 0 spiro atoms. The van der Waals surface area contributed by atoms with Crippen LogP contribution in [0, 0.1) is 0 Å². The maximum atomic E-state index is 6.25. The second kappa shape index (κ2) is 7.75. The summed E-state index contributed by atoms with van der Waals surface area (Å²) in [6, 6.07) is 20.3. The molecule has 0 saturated carbocycles. The lowest BCUT2D eigenvalue weighted by atomic mass is 9.96. The van der Waals surface area contributed by atoms with Crippen molar-refractivity contribution < 1.29 is 0 Å². The topological polar surface area (TPSA) is 74.5 Å². The van der Waals surface area contributed by atoms with E-state index < -0.39 is 0 Å². The molecule has 148 valence electrons. The van der Waals surface area contributed by atoms with Crippen LogP contribution in [0.1, 0.15) is 32.2 Å². The van der Waals surface area contributed by atoms with Crippen LogP contribution in [-0.2, 0) is 11.2 Å². The van der Waals surface area contributed by atoms with Crippen molar-refractivity contribution in [1.29, 1.82) is 0 Å². The van der Waals surface area contributed by atoms with Crippen molar-refractivity contribution in [2.24, 2.45) is 0 Å². The lowest BCUT2D eigenvalue weighted by Gasteiger charge is -2.16. The molecular weight excluding hydrogens is 380 g/mol. The number of aromatic nitrogens is 5. The van der Waals surface area contributed by atoms with Crippen molar-refractivity contribution in [3.8, 4) is 16.9 Å². The number of nitrogen functional groups attached to an aromatic ring is 1. The molecule has 0 aliphatic heterocycles. The second-order valence-corrected chi connectivity index (χ2v) is 8.81. The summed E-state index contributed by atoms with van der Waals surface area (Å²) in [6.07, 6.45) is 2.08. The van der Waals surface area contributed by atoms with E-state index in [0.717, 1.165) is 28.3 Å². The van der Waals surface area contributed by atoms with Crippen LogP contribution in [-0.4, -0.2) is 24.7 Å². The Balaban J connectivity index is 1.66. The predicted molar refractivity (Wildman–Crippen MR) is 117 cm³/mol. The molecule has 29 heavy (non-hydrogen) atoms. The third-order valence-corrected chi connectivity index (χ3v) is 5.54. The lowest BCUT2D eigenvalue weighted by Crippen LogP contribution is -2.24. The summed E-state index contributed by atoms with van der Waals surface area (Å²) in [4.78, 5) is 0. The molecule has 4 rings (SSSR count). The van der Waals surface area contributed by atoms with E-state index in [9.17, 15) is 0 Å². The first-order chi connectivity index (χ1) is 13.9. The molecule has 0 atom stereocenters. The maximum absolute atomic E-state index is 6.25. The number of para-hydroxylation sites is 1. The second-order valence-electron chi connectivity index (χ2n) is 7.86. The molecule has 2 aromatic carbocycles. The summed E-state index contributed by atoms with van der Waals surface area (Å²) in [5, 5.41) is 14.1. The van der Waals surface area contributed by atoms with Crippen LogP contribution in [0.4, 0.5) is 0 Å². The van der Waals surface area contributed by atoms with Crippen molar-refractivity contribution in [3.63, 3.8) is 0 Å². The van der Waals surface area contributed by atoms with Gasteiger partial charge < -0.3 is 5.84 Å². The molecule has 6 nitrogen and oxygen atoms in total. The number of benzene rings is 2. The summed E-state index contributed by atoms with van der Waals surface area (Å²) in [6.45, 7) is 6.23. The Kier molecular flexibility index (Phi) is 5.15. The van der Waals surface area contributed by atoms with Crippen LogP contribution in [0.2, 0.25) is 0 Å². The fourth-order valence-electron chi connectivity index (χ4n) is 3.10. The SMILES string of the molecule is CC(C)(C)c1nnc(SCc2cn(-c3ccccc3)nc2-c2ccccc2)n1N. The number of nitrogens with zero attached hydrogens (tertiary/aromatic N) is 5. The van der Waals surface area contributed by atoms with Crippen LogP contribution >= 0.6 is 11.8 Å². The van der Waals surface area contributed by atoms with E-state index in [1.165, 1.54) is 0 Å². The average Bonchev–Trinajstić information content (AvgIpc) is 3.31. The number of rotatable bonds is 5. The summed E-state index contributed by atoms with van der Waals surface area (Å²) >= 11 is 1.57. The summed E-state index contributed by atoms with van der Waals surface area (Å²) < 4.78 is 3.51. The van der Waals surface area contributed by atoms with Gasteiger partial charge in [0.25, 0.3) is 0 Å². The van der Waals surface area contributed by atoms with Gasteiger partial charge in [0.15, 0.2) is 5.82 Å². The van der Waals surface area contributed by atoms with Gasteiger partial charge in [-0.2, -0.15) is 5.10 Å². The van der Waals surface area contributed by atoms with Crippen LogP contribution in [0.25, 0.3) is 16.9 Å². The van der Waals surface area contributed by atoms with Crippen molar-refractivity contribution in [3.05, 3.63) is 78.2 Å². The van der Waals surface area contributed by atoms with Gasteiger partial charge in [0, 0.05) is 28.5 Å². The molecular formula is C22H24N6S. The van der Waals surface area contributed by atoms with Crippen LogP contribution in [0.15, 0.2) is 72.0 Å². The van der Waals surface area contributed by atoms with Gasteiger partial charge in [-0.15, -0.1) is 10.2 Å². The Labute approximate surface area is 174 Å². The molecule has 7 heteroatoms. The van der Waals surface area contributed by atoms with E-state index in [1.54, 1.807) is 16.4 Å². The average molecular weight is 405 g/mol. The Morgan fingerprint density at radius 3 is 2.21 bits per heavy atom. The molecule has 0 aliphatic rings. The van der Waals surface area contributed by atoms with E-state index in [2.05, 4.69) is 49.3 Å². The lowest BCUT2D eigenvalue weighted by molar-refractivity contribution is 0.523. The van der Waals surface area contributed by atoms with Crippen molar-refractivity contribution in [1.82, 2.24) is 24.7 Å². The van der Waals surface area contributed by atoms with Gasteiger partial charge in [0.05, 0.1) is 11.4 Å². The minimum Gasteiger partial charge on any atom is -0.336 e. The molecule has 0 saturated heterocycles. The molecule has 2 heterocycles. The molecule has 2 N–H and O–H groups in total. The highest BCUT2D eigenvalue weighted by molar-refractivity contribution is 7.98. The van der Waals surface area contributed by atoms with E-state index in [0.29, 0.717) is 10.9 Å². The first-order valence-corrected chi connectivity index (χ1v) is 10.5. The highest BCUT2D eigenvalue weighted by Gasteiger charge is 2.23. The van der Waals surface area contributed by atoms with E-state index in [4.69, 9.17) is 10.9 Å². The summed E-state index contributed by atoms with van der Waals surface area (Å²) in [5.41, 5.74) is 4.03. The standard InChI is InChI=1S/C22H24N6S/c1-22(2,3)20-24-25-21(28(20)23)29-15-17-14-27(18-12-8-5-9-13-18)26-19(17)16-10-6-4-7-11-16/h4-14H,15,23H2,1-3H3. The highest BCUT2D eigenvalue weighted by Crippen LogP contribution is 2.30. The van der Waals surface area contributed by atoms with Gasteiger partial charge in [-0.1, -0.05) is 81.1 Å². The number of hydrogen-bond acceptors (Lipinski definition) is 5. The number of hydrogen-bond donors (Lipinski definition) is 1. The zero-order chi connectivity index (χ0) is 20.4. The fraction of sp³-hybridized carbons (Fsp3) is 0.227. The summed E-state index contributed by atoms with van der Waals surface area (Å²) in [5.74, 6) is 7.71. The largest absolute Gasteiger partial charge is 0.336 e. The first-order valence-electron chi connectivity index (χ1n) is 9.46. The third-order valence-electron chi connectivity index (χ3n) is 4.55. The first kappa shape index (κ1) is 19.3. The van der Waals surface area contributed by atoms with Gasteiger partial charge in [0.1, 0.15) is 0 Å². The van der Waals surface area contributed by atoms with Crippen LogP contribution in [0.3, 0.4) is 0 Å². The van der Waals surface area contributed by atoms with Gasteiger partial charge in [-0.05, 0) is 12.1 Å². The normalized spacial score (nSPS) is 11.7. The summed E-state index contributed by atoms with van der Waals surface area (Å²) in [7, 11) is 0. The van der Waals surface area contributed by atoms with Crippen molar-refractivity contribution in [2.45, 2.75) is 37.1 Å². The predicted octanol–water partition coefficient (Wildman–Crippen LogP) is 4.43. The Morgan fingerprint density at radius 1 is 0.931 bits per heavy atom. The smallest absolute Gasteiger partial charge is 0.210 e. The van der Waals surface area contributed by atoms with Crippen molar-refractivity contribution in [2.75, 3.05) is 5.84 Å². The van der Waals surface area contributed by atoms with E-state index in [1.807, 2.05) is 53.2 Å². The minimum atomic E-state index is -0.159. The third kappa shape index (κ3) is 4.05. The maximum Gasteiger partial charge on any atom is 0.210 e. The van der Waals surface area contributed by atoms with E-state index in [-0.39, 0.29) is 5.41 Å². The molecule has 0 unspecified atom stereocenters. The molecule has 0 bridgehead atoms. The van der Waals surface area contributed by atoms with Gasteiger partial charge >= 0.3 is 0 Å². The Morgan fingerprint density at radius 2 is 1.59 bits per heavy atom. The molecule has 4 aromatic rings. The quantitative estimate of drug-likeness (QED) is 0.393. The van der Waals surface area contributed by atoms with Crippen LogP contribution < -0.4 is 5.84 Å². The van der Waals surface area contributed by atoms with E-state index >= 15 is 0 Å². The number of nitrogens with two attached hydrogens (primary N) is 1. The van der Waals surface area contributed by atoms with Gasteiger partial charge in [-0.3, -0.25) is 0 Å². The molecule has 0 aliphatic carbocycles.